The van der Waals surface area contributed by atoms with Gasteiger partial charge in [-0.15, -0.1) is 0 Å². The number of aryl methyl sites for hydroxylation is 1. The maximum atomic E-state index is 13.2. The molecule has 0 saturated carbocycles. The van der Waals surface area contributed by atoms with Gasteiger partial charge in [-0.2, -0.15) is 5.10 Å². The summed E-state index contributed by atoms with van der Waals surface area (Å²) in [5, 5.41) is 13.5. The molecule has 4 aromatic heterocycles. The molecule has 0 aliphatic rings. The number of hydrogen-bond acceptors (Lipinski definition) is 5. The van der Waals surface area contributed by atoms with Crippen molar-refractivity contribution < 1.29 is 4.79 Å². The first-order valence-electron chi connectivity index (χ1n) is 12.2. The number of hydrogen-bond donors (Lipinski definition) is 3. The lowest BCUT2D eigenvalue weighted by Crippen LogP contribution is -2.13. The van der Waals surface area contributed by atoms with Crippen LogP contribution in [0.25, 0.3) is 55.5 Å². The van der Waals surface area contributed by atoms with Gasteiger partial charge in [-0.25, -0.2) is 9.97 Å². The number of nitrogens with zero attached hydrogens (tertiary/aromatic N) is 4. The molecule has 0 unspecified atom stereocenters. The Bertz CT molecular complexity index is 2000. The number of amides is 1. The number of aromatic amines is 2. The van der Waals surface area contributed by atoms with Crippen molar-refractivity contribution in [2.24, 2.45) is 0 Å². The van der Waals surface area contributed by atoms with Gasteiger partial charge in [-0.05, 0) is 42.1 Å². The zero-order valence-corrected chi connectivity index (χ0v) is 20.4. The monoisotopic (exact) mass is 495 g/mol. The molecule has 0 bridgehead atoms. The molecule has 3 N–H and O–H groups in total. The molecule has 0 aliphatic heterocycles. The summed E-state index contributed by atoms with van der Waals surface area (Å²) in [4.78, 5) is 30.4. The molecule has 0 aliphatic carbocycles. The van der Waals surface area contributed by atoms with E-state index >= 15 is 0 Å². The lowest BCUT2D eigenvalue weighted by Gasteiger charge is -2.08. The lowest BCUT2D eigenvalue weighted by molar-refractivity contribution is 0.102. The Hall–Kier alpha value is -5.37. The van der Waals surface area contributed by atoms with Gasteiger partial charge in [0.15, 0.2) is 11.5 Å². The Morgan fingerprint density at radius 1 is 0.895 bits per heavy atom. The van der Waals surface area contributed by atoms with Crippen LogP contribution in [0.15, 0.2) is 91.4 Å². The van der Waals surface area contributed by atoms with Gasteiger partial charge in [0, 0.05) is 40.8 Å². The molecule has 0 fully saturated rings. The molecular formula is C30H21N7O. The normalized spacial score (nSPS) is 11.4. The van der Waals surface area contributed by atoms with Crippen LogP contribution in [0.3, 0.4) is 0 Å². The molecule has 0 atom stereocenters. The van der Waals surface area contributed by atoms with Gasteiger partial charge in [0.2, 0.25) is 0 Å². The Labute approximate surface area is 216 Å². The topological polar surface area (TPSA) is 112 Å². The van der Waals surface area contributed by atoms with Crippen molar-refractivity contribution in [1.29, 1.82) is 0 Å². The molecule has 0 saturated heterocycles. The van der Waals surface area contributed by atoms with E-state index in [0.29, 0.717) is 28.2 Å². The molecule has 38 heavy (non-hydrogen) atoms. The predicted octanol–water partition coefficient (Wildman–Crippen LogP) is 6.28. The van der Waals surface area contributed by atoms with Gasteiger partial charge in [-0.1, -0.05) is 48.5 Å². The first-order valence-corrected chi connectivity index (χ1v) is 12.2. The summed E-state index contributed by atoms with van der Waals surface area (Å²) in [6.45, 7) is 1.96. The summed E-state index contributed by atoms with van der Waals surface area (Å²) in [5.41, 5.74) is 6.76. The molecule has 4 heterocycles. The van der Waals surface area contributed by atoms with Crippen molar-refractivity contribution in [1.82, 2.24) is 30.1 Å². The molecule has 8 nitrogen and oxygen atoms in total. The third-order valence-corrected chi connectivity index (χ3v) is 6.77. The molecule has 7 aromatic rings. The molecule has 182 valence electrons. The fourth-order valence-electron chi connectivity index (χ4n) is 4.81. The van der Waals surface area contributed by atoms with Crippen LogP contribution < -0.4 is 5.32 Å². The van der Waals surface area contributed by atoms with Crippen LogP contribution in [0, 0.1) is 6.92 Å². The van der Waals surface area contributed by atoms with E-state index in [1.165, 1.54) is 0 Å². The average molecular weight is 496 g/mol. The molecule has 3 aromatic carbocycles. The number of imidazole rings is 1. The maximum absolute atomic E-state index is 13.2. The third kappa shape index (κ3) is 3.58. The maximum Gasteiger partial charge on any atom is 0.257 e. The summed E-state index contributed by atoms with van der Waals surface area (Å²) in [7, 11) is 0. The molecular weight excluding hydrogens is 474 g/mol. The highest BCUT2D eigenvalue weighted by molar-refractivity contribution is 6.12. The van der Waals surface area contributed by atoms with E-state index in [4.69, 9.17) is 4.98 Å². The standard InChI is InChI=1S/C30H21N7O/c1-17-7-2-5-11-24(17)34-30(38)21-10-6-12-25-26(21)35-29(33-25)27-22-13-19(15-32-28(22)37-36-27)23-16-31-14-18-8-3-4-9-20(18)23/h2-16H,1H3,(H,33,35)(H,34,38)(H,32,36,37). The number of nitrogens with one attached hydrogen (secondary N) is 3. The van der Waals surface area contributed by atoms with Crippen LogP contribution in [-0.4, -0.2) is 36.0 Å². The number of benzene rings is 3. The number of carbonyl (C=O) groups is 1. The van der Waals surface area contributed by atoms with Crippen LogP contribution in [0.1, 0.15) is 15.9 Å². The van der Waals surface area contributed by atoms with Crippen molar-refractivity contribution in [2.45, 2.75) is 6.92 Å². The van der Waals surface area contributed by atoms with Gasteiger partial charge in [0.05, 0.1) is 16.5 Å². The average Bonchev–Trinajstić information content (AvgIpc) is 3.57. The van der Waals surface area contributed by atoms with Gasteiger partial charge >= 0.3 is 0 Å². The largest absolute Gasteiger partial charge is 0.337 e. The van der Waals surface area contributed by atoms with Gasteiger partial charge in [0.25, 0.3) is 5.91 Å². The third-order valence-electron chi connectivity index (χ3n) is 6.77. The first-order chi connectivity index (χ1) is 18.7. The molecule has 0 radical (unpaired) electrons. The Kier molecular flexibility index (Phi) is 4.97. The Morgan fingerprint density at radius 3 is 2.68 bits per heavy atom. The minimum absolute atomic E-state index is 0.220. The fraction of sp³-hybridized carbons (Fsp3) is 0.0333. The quantitative estimate of drug-likeness (QED) is 0.266. The van der Waals surface area contributed by atoms with E-state index in [2.05, 4.69) is 36.5 Å². The van der Waals surface area contributed by atoms with Crippen molar-refractivity contribution in [2.75, 3.05) is 5.32 Å². The van der Waals surface area contributed by atoms with Gasteiger partial charge in [0.1, 0.15) is 11.2 Å². The van der Waals surface area contributed by atoms with Crippen LogP contribution in [0.4, 0.5) is 5.69 Å². The Morgan fingerprint density at radius 2 is 1.76 bits per heavy atom. The number of anilines is 1. The number of fused-ring (bicyclic) bond motifs is 3. The molecule has 1 amide bonds. The highest BCUT2D eigenvalue weighted by atomic mass is 16.1. The second-order valence-corrected chi connectivity index (χ2v) is 9.16. The smallest absolute Gasteiger partial charge is 0.257 e. The summed E-state index contributed by atoms with van der Waals surface area (Å²) >= 11 is 0. The van der Waals surface area contributed by atoms with E-state index < -0.39 is 0 Å². The number of pyridine rings is 2. The van der Waals surface area contributed by atoms with Crippen LogP contribution in [-0.2, 0) is 0 Å². The van der Waals surface area contributed by atoms with E-state index in [-0.39, 0.29) is 5.91 Å². The van der Waals surface area contributed by atoms with Gasteiger partial charge < -0.3 is 10.3 Å². The number of carbonyl (C=O) groups excluding carboxylic acids is 1. The van der Waals surface area contributed by atoms with E-state index in [0.717, 1.165) is 44.1 Å². The summed E-state index contributed by atoms with van der Waals surface area (Å²) in [6.07, 6.45) is 5.53. The van der Waals surface area contributed by atoms with Crippen LogP contribution in [0.5, 0.6) is 0 Å². The second-order valence-electron chi connectivity index (χ2n) is 9.16. The SMILES string of the molecule is Cc1ccccc1NC(=O)c1cccc2[nH]c(-c3n[nH]c4ncc(-c5cncc6ccccc56)cc34)nc12. The van der Waals surface area contributed by atoms with Crippen LogP contribution >= 0.6 is 0 Å². The predicted molar refractivity (Wildman–Crippen MR) is 149 cm³/mol. The van der Waals surface area contributed by atoms with Crippen molar-refractivity contribution in [3.63, 3.8) is 0 Å². The summed E-state index contributed by atoms with van der Waals surface area (Å²) < 4.78 is 0. The highest BCUT2D eigenvalue weighted by Crippen LogP contribution is 2.32. The first kappa shape index (κ1) is 21.9. The van der Waals surface area contributed by atoms with Crippen molar-refractivity contribution in [3.8, 4) is 22.6 Å². The van der Waals surface area contributed by atoms with Crippen molar-refractivity contribution in [3.05, 3.63) is 103 Å². The minimum atomic E-state index is -0.220. The van der Waals surface area contributed by atoms with Crippen molar-refractivity contribution >= 4 is 44.4 Å². The van der Waals surface area contributed by atoms with Crippen LogP contribution in [0.2, 0.25) is 0 Å². The highest BCUT2D eigenvalue weighted by Gasteiger charge is 2.19. The van der Waals surface area contributed by atoms with E-state index in [9.17, 15) is 4.79 Å². The molecule has 0 spiro atoms. The zero-order valence-electron chi connectivity index (χ0n) is 20.4. The molecule has 7 rings (SSSR count). The second kappa shape index (κ2) is 8.63. The zero-order chi connectivity index (χ0) is 25.6. The Balaban J connectivity index is 1.31. The number of aromatic nitrogens is 6. The summed E-state index contributed by atoms with van der Waals surface area (Å²) in [5.74, 6) is 0.333. The summed E-state index contributed by atoms with van der Waals surface area (Å²) in [6, 6.07) is 23.4. The number of H-pyrrole nitrogens is 2. The fourth-order valence-corrected chi connectivity index (χ4v) is 4.81. The number of para-hydroxylation sites is 2. The molecule has 8 heteroatoms. The van der Waals surface area contributed by atoms with E-state index in [1.807, 2.05) is 86.2 Å². The lowest BCUT2D eigenvalue weighted by atomic mass is 10.0. The number of rotatable bonds is 4. The van der Waals surface area contributed by atoms with Gasteiger partial charge in [-0.3, -0.25) is 14.9 Å². The van der Waals surface area contributed by atoms with E-state index in [1.54, 1.807) is 6.07 Å². The minimum Gasteiger partial charge on any atom is -0.337 e.